The third-order valence-electron chi connectivity index (χ3n) is 4.81. The zero-order valence-electron chi connectivity index (χ0n) is 16.0. The maximum absolute atomic E-state index is 14.3. The molecule has 1 atom stereocenters. The number of carbonyl (C=O) groups excluding carboxylic acids is 1. The van der Waals surface area contributed by atoms with E-state index >= 15 is 0 Å². The number of hydrogen-bond donors (Lipinski definition) is 2. The van der Waals surface area contributed by atoms with Crippen molar-refractivity contribution in [2.45, 2.75) is 13.1 Å². The third kappa shape index (κ3) is 3.78. The van der Waals surface area contributed by atoms with Crippen LogP contribution in [-0.2, 0) is 4.79 Å². The van der Waals surface area contributed by atoms with Gasteiger partial charge in [0.1, 0.15) is 17.8 Å². The van der Waals surface area contributed by atoms with Gasteiger partial charge in [0.25, 0.3) is 5.91 Å². The van der Waals surface area contributed by atoms with Crippen molar-refractivity contribution in [3.05, 3.63) is 83.1 Å². The van der Waals surface area contributed by atoms with Gasteiger partial charge in [0.05, 0.1) is 23.9 Å². The van der Waals surface area contributed by atoms with Gasteiger partial charge in [-0.25, -0.2) is 13.8 Å². The number of hydrogen-bond acceptors (Lipinski definition) is 5. The van der Waals surface area contributed by atoms with Crippen LogP contribution >= 0.6 is 0 Å². The second-order valence-electron chi connectivity index (χ2n) is 6.87. The van der Waals surface area contributed by atoms with Crippen molar-refractivity contribution in [1.29, 1.82) is 5.26 Å². The Morgan fingerprint density at radius 3 is 2.70 bits per heavy atom. The number of amides is 1. The summed E-state index contributed by atoms with van der Waals surface area (Å²) >= 11 is 0. The molecule has 0 saturated heterocycles. The summed E-state index contributed by atoms with van der Waals surface area (Å²) in [7, 11) is 0. The van der Waals surface area contributed by atoms with Crippen LogP contribution in [0, 0.1) is 23.0 Å². The summed E-state index contributed by atoms with van der Waals surface area (Å²) in [5.74, 6) is -1.65. The van der Waals surface area contributed by atoms with Crippen molar-refractivity contribution in [2.24, 2.45) is 5.10 Å². The highest BCUT2D eigenvalue weighted by Gasteiger charge is 2.31. The van der Waals surface area contributed by atoms with E-state index in [2.05, 4.69) is 21.8 Å². The number of halogens is 2. The molecule has 6 nitrogen and oxygen atoms in total. The summed E-state index contributed by atoms with van der Waals surface area (Å²) in [6.07, 6.45) is 2.55. The molecule has 8 heteroatoms. The summed E-state index contributed by atoms with van der Waals surface area (Å²) in [5.41, 5.74) is 3.17. The lowest BCUT2D eigenvalue weighted by Crippen LogP contribution is -2.50. The molecule has 0 saturated carbocycles. The normalized spacial score (nSPS) is 17.8. The van der Waals surface area contributed by atoms with E-state index in [1.54, 1.807) is 37.3 Å². The second kappa shape index (κ2) is 7.79. The summed E-state index contributed by atoms with van der Waals surface area (Å²) in [6.45, 7) is 2.02. The van der Waals surface area contributed by atoms with Gasteiger partial charge < -0.3 is 10.6 Å². The summed E-state index contributed by atoms with van der Waals surface area (Å²) in [6, 6.07) is 12.4. The molecule has 150 valence electrons. The molecule has 0 aliphatic carbocycles. The quantitative estimate of drug-likeness (QED) is 0.818. The number of carbonyl (C=O) groups is 1. The van der Waals surface area contributed by atoms with Crippen LogP contribution in [0.25, 0.3) is 5.57 Å². The number of benzene rings is 2. The van der Waals surface area contributed by atoms with E-state index in [-0.39, 0.29) is 11.5 Å². The van der Waals surface area contributed by atoms with Gasteiger partial charge in [0, 0.05) is 34.7 Å². The van der Waals surface area contributed by atoms with E-state index < -0.39 is 17.8 Å². The Morgan fingerprint density at radius 1 is 1.23 bits per heavy atom. The number of nitriles is 1. The molecule has 1 amide bonds. The summed E-state index contributed by atoms with van der Waals surface area (Å²) in [5, 5.41) is 20.8. The molecule has 2 aromatic carbocycles. The van der Waals surface area contributed by atoms with E-state index in [0.717, 1.165) is 11.8 Å². The van der Waals surface area contributed by atoms with Crippen LogP contribution in [0.3, 0.4) is 0 Å². The first kappa shape index (κ1) is 19.3. The third-order valence-corrected chi connectivity index (χ3v) is 4.81. The van der Waals surface area contributed by atoms with Gasteiger partial charge in [-0.05, 0) is 49.4 Å². The molecule has 30 heavy (non-hydrogen) atoms. The smallest absolute Gasteiger partial charge is 0.270 e. The Bertz CT molecular complexity index is 1150. The van der Waals surface area contributed by atoms with E-state index in [0.29, 0.717) is 29.1 Å². The monoisotopic (exact) mass is 405 g/mol. The predicted molar refractivity (Wildman–Crippen MR) is 109 cm³/mol. The Labute approximate surface area is 171 Å². The first-order valence-corrected chi connectivity index (χ1v) is 9.22. The standard InChI is InChI=1S/C22H17F2N5O/c1-13-19(18-7-4-15(23)8-20(18)24)10-21-27-17(9-22(30)29(21)28-13)12-26-16-5-2-14(11-25)3-6-16/h2-10,21,26-27H,12H2,1H3. The van der Waals surface area contributed by atoms with Crippen LogP contribution in [0.2, 0.25) is 0 Å². The van der Waals surface area contributed by atoms with E-state index in [9.17, 15) is 13.6 Å². The number of nitrogens with one attached hydrogen (secondary N) is 2. The SMILES string of the molecule is CC1=NN2C(=O)C=C(CNc3ccc(C#N)cc3)NC2C=C1c1ccc(F)cc1F. The number of anilines is 1. The molecule has 2 heterocycles. The molecule has 4 rings (SSSR count). The average molecular weight is 405 g/mol. The summed E-state index contributed by atoms with van der Waals surface area (Å²) < 4.78 is 27.5. The minimum absolute atomic E-state index is 0.221. The van der Waals surface area contributed by atoms with Crippen LogP contribution in [0.1, 0.15) is 18.1 Å². The fourth-order valence-corrected chi connectivity index (χ4v) is 3.32. The number of nitrogens with zero attached hydrogens (tertiary/aromatic N) is 3. The largest absolute Gasteiger partial charge is 0.379 e. The highest BCUT2D eigenvalue weighted by Crippen LogP contribution is 2.27. The van der Waals surface area contributed by atoms with Gasteiger partial charge >= 0.3 is 0 Å². The topological polar surface area (TPSA) is 80.5 Å². The number of allylic oxidation sites excluding steroid dienone is 1. The number of hydrazone groups is 1. The van der Waals surface area contributed by atoms with Gasteiger partial charge in [-0.15, -0.1) is 0 Å². The molecular formula is C22H17F2N5O. The first-order chi connectivity index (χ1) is 14.4. The highest BCUT2D eigenvalue weighted by molar-refractivity contribution is 6.23. The average Bonchev–Trinajstić information content (AvgIpc) is 2.73. The van der Waals surface area contributed by atoms with Gasteiger partial charge in [0.2, 0.25) is 0 Å². The van der Waals surface area contributed by atoms with Gasteiger partial charge in [-0.1, -0.05) is 0 Å². The molecule has 0 aromatic heterocycles. The molecule has 0 bridgehead atoms. The van der Waals surface area contributed by atoms with Crippen LogP contribution in [0.15, 0.2) is 65.4 Å². The molecule has 0 radical (unpaired) electrons. The Hall–Kier alpha value is -3.99. The Balaban J connectivity index is 1.54. The Morgan fingerprint density at radius 2 is 2.00 bits per heavy atom. The zero-order valence-corrected chi connectivity index (χ0v) is 16.0. The van der Waals surface area contributed by atoms with Gasteiger partial charge in [-0.3, -0.25) is 4.79 Å². The van der Waals surface area contributed by atoms with Gasteiger partial charge in [0.15, 0.2) is 0 Å². The van der Waals surface area contributed by atoms with Crippen molar-refractivity contribution in [2.75, 3.05) is 11.9 Å². The zero-order chi connectivity index (χ0) is 21.3. The van der Waals surface area contributed by atoms with E-state index in [4.69, 9.17) is 5.26 Å². The molecular weight excluding hydrogens is 388 g/mol. The number of rotatable bonds is 4. The van der Waals surface area contributed by atoms with Crippen molar-refractivity contribution in [3.63, 3.8) is 0 Å². The van der Waals surface area contributed by atoms with Crippen molar-refractivity contribution >= 4 is 22.9 Å². The van der Waals surface area contributed by atoms with E-state index in [1.807, 2.05) is 0 Å². The lowest BCUT2D eigenvalue weighted by molar-refractivity contribution is -0.128. The molecule has 1 unspecified atom stereocenters. The Kier molecular flexibility index (Phi) is 5.02. The molecule has 2 aromatic rings. The van der Waals surface area contributed by atoms with Crippen LogP contribution in [0.5, 0.6) is 0 Å². The van der Waals surface area contributed by atoms with Crippen LogP contribution in [-0.4, -0.2) is 29.3 Å². The number of fused-ring (bicyclic) bond motifs is 1. The highest BCUT2D eigenvalue weighted by atomic mass is 19.1. The molecule has 2 aliphatic rings. The van der Waals surface area contributed by atoms with E-state index in [1.165, 1.54) is 23.2 Å². The molecule has 2 N–H and O–H groups in total. The predicted octanol–water partition coefficient (Wildman–Crippen LogP) is 3.36. The first-order valence-electron chi connectivity index (χ1n) is 9.22. The minimum Gasteiger partial charge on any atom is -0.379 e. The molecule has 0 spiro atoms. The second-order valence-corrected chi connectivity index (χ2v) is 6.87. The van der Waals surface area contributed by atoms with Crippen molar-refractivity contribution < 1.29 is 13.6 Å². The lowest BCUT2D eigenvalue weighted by atomic mass is 9.98. The van der Waals surface area contributed by atoms with Crippen LogP contribution in [0.4, 0.5) is 14.5 Å². The van der Waals surface area contributed by atoms with Crippen molar-refractivity contribution in [3.8, 4) is 6.07 Å². The maximum Gasteiger partial charge on any atom is 0.270 e. The minimum atomic E-state index is -0.690. The maximum atomic E-state index is 14.3. The van der Waals surface area contributed by atoms with Crippen molar-refractivity contribution in [1.82, 2.24) is 10.3 Å². The summed E-state index contributed by atoms with van der Waals surface area (Å²) in [4.78, 5) is 12.5. The van der Waals surface area contributed by atoms with Gasteiger partial charge in [-0.2, -0.15) is 10.4 Å². The molecule has 2 aliphatic heterocycles. The van der Waals surface area contributed by atoms with Crippen LogP contribution < -0.4 is 10.6 Å². The lowest BCUT2D eigenvalue weighted by Gasteiger charge is -2.35. The fourth-order valence-electron chi connectivity index (χ4n) is 3.32. The molecule has 0 fully saturated rings. The fraction of sp³-hybridized carbons (Fsp3) is 0.136.